The summed E-state index contributed by atoms with van der Waals surface area (Å²) in [6.07, 6.45) is 0. The van der Waals surface area contributed by atoms with Gasteiger partial charge in [0.1, 0.15) is 16.6 Å². The predicted octanol–water partition coefficient (Wildman–Crippen LogP) is 4.49. The number of ether oxygens (including phenoxy) is 1. The van der Waals surface area contributed by atoms with Crippen LogP contribution in [0.15, 0.2) is 48.5 Å². The van der Waals surface area contributed by atoms with Crippen LogP contribution in [0.5, 0.6) is 5.75 Å². The normalized spacial score (nSPS) is 10.8. The summed E-state index contributed by atoms with van der Waals surface area (Å²) in [5, 5.41) is 11.8. The summed E-state index contributed by atoms with van der Waals surface area (Å²) in [5.74, 6) is -0.0398. The van der Waals surface area contributed by atoms with Crippen molar-refractivity contribution in [2.45, 2.75) is 19.8 Å². The van der Waals surface area contributed by atoms with Crippen LogP contribution < -0.4 is 10.1 Å². The van der Waals surface area contributed by atoms with Gasteiger partial charge >= 0.3 is 0 Å². The van der Waals surface area contributed by atoms with E-state index in [2.05, 4.69) is 41.5 Å². The summed E-state index contributed by atoms with van der Waals surface area (Å²) in [6.45, 7) is 4.04. The van der Waals surface area contributed by atoms with Crippen molar-refractivity contribution in [2.75, 3.05) is 11.9 Å². The van der Waals surface area contributed by atoms with E-state index in [9.17, 15) is 9.18 Å². The maximum Gasteiger partial charge on any atom is 0.264 e. The standard InChI is InChI=1S/C19H18FN3O2S/c1-12(2)13-6-8-14(9-7-13)18-22-23-19(26-18)21-17(24)11-25-16-5-3-4-15(20)10-16/h3-10,12H,11H2,1-2H3,(H,21,23,24). The molecule has 0 unspecified atom stereocenters. The quantitative estimate of drug-likeness (QED) is 0.694. The minimum Gasteiger partial charge on any atom is -0.484 e. The van der Waals surface area contributed by atoms with Crippen molar-refractivity contribution < 1.29 is 13.9 Å². The molecule has 0 saturated heterocycles. The molecule has 3 rings (SSSR count). The average Bonchev–Trinajstić information content (AvgIpc) is 3.08. The number of hydrogen-bond acceptors (Lipinski definition) is 5. The molecule has 2 aromatic carbocycles. The molecule has 26 heavy (non-hydrogen) atoms. The highest BCUT2D eigenvalue weighted by atomic mass is 32.1. The first-order valence-electron chi connectivity index (χ1n) is 8.13. The molecule has 1 amide bonds. The van der Waals surface area contributed by atoms with Crippen molar-refractivity contribution in [3.8, 4) is 16.3 Å². The average molecular weight is 371 g/mol. The molecule has 0 aliphatic heterocycles. The van der Waals surface area contributed by atoms with E-state index in [1.807, 2.05) is 12.1 Å². The van der Waals surface area contributed by atoms with Crippen molar-refractivity contribution >= 4 is 22.4 Å². The number of anilines is 1. The van der Waals surface area contributed by atoms with Crippen LogP contribution in [0.1, 0.15) is 25.3 Å². The van der Waals surface area contributed by atoms with Crippen LogP contribution in [-0.2, 0) is 4.79 Å². The van der Waals surface area contributed by atoms with Crippen LogP contribution in [0.2, 0.25) is 0 Å². The molecule has 1 heterocycles. The van der Waals surface area contributed by atoms with Crippen molar-refractivity contribution in [2.24, 2.45) is 0 Å². The number of carbonyl (C=O) groups excluding carboxylic acids is 1. The second kappa shape index (κ2) is 8.05. The highest BCUT2D eigenvalue weighted by molar-refractivity contribution is 7.18. The molecule has 0 atom stereocenters. The summed E-state index contributed by atoms with van der Waals surface area (Å²) in [4.78, 5) is 11.9. The summed E-state index contributed by atoms with van der Waals surface area (Å²) in [5.41, 5.74) is 2.20. The number of halogens is 1. The number of rotatable bonds is 6. The van der Waals surface area contributed by atoms with Gasteiger partial charge in [0, 0.05) is 11.6 Å². The molecule has 5 nitrogen and oxygen atoms in total. The Morgan fingerprint density at radius 3 is 2.65 bits per heavy atom. The van der Waals surface area contributed by atoms with Crippen molar-refractivity contribution in [1.82, 2.24) is 10.2 Å². The topological polar surface area (TPSA) is 64.1 Å². The molecule has 1 aromatic heterocycles. The second-order valence-electron chi connectivity index (χ2n) is 5.98. The smallest absolute Gasteiger partial charge is 0.264 e. The number of carbonyl (C=O) groups is 1. The summed E-state index contributed by atoms with van der Waals surface area (Å²) >= 11 is 1.28. The van der Waals surface area contributed by atoms with Crippen LogP contribution in [0.4, 0.5) is 9.52 Å². The predicted molar refractivity (Wildman–Crippen MR) is 100.0 cm³/mol. The summed E-state index contributed by atoms with van der Waals surface area (Å²) in [7, 11) is 0. The van der Waals surface area contributed by atoms with Gasteiger partial charge < -0.3 is 4.74 Å². The molecule has 3 aromatic rings. The SMILES string of the molecule is CC(C)c1ccc(-c2nnc(NC(=O)COc3cccc(F)c3)s2)cc1. The molecule has 0 spiro atoms. The molecule has 0 fully saturated rings. The van der Waals surface area contributed by atoms with E-state index in [1.54, 1.807) is 6.07 Å². The van der Waals surface area contributed by atoms with Gasteiger partial charge in [0.25, 0.3) is 5.91 Å². The lowest BCUT2D eigenvalue weighted by molar-refractivity contribution is -0.118. The maximum atomic E-state index is 13.1. The molecule has 0 radical (unpaired) electrons. The van der Waals surface area contributed by atoms with Crippen LogP contribution in [-0.4, -0.2) is 22.7 Å². The monoisotopic (exact) mass is 371 g/mol. The van der Waals surface area contributed by atoms with E-state index in [4.69, 9.17) is 4.74 Å². The van der Waals surface area contributed by atoms with Gasteiger partial charge in [0.15, 0.2) is 6.61 Å². The van der Waals surface area contributed by atoms with Crippen LogP contribution in [0, 0.1) is 5.82 Å². The summed E-state index contributed by atoms with van der Waals surface area (Å²) < 4.78 is 18.3. The fourth-order valence-electron chi connectivity index (χ4n) is 2.26. The number of nitrogens with zero attached hydrogens (tertiary/aromatic N) is 2. The first-order valence-corrected chi connectivity index (χ1v) is 8.95. The van der Waals surface area contributed by atoms with Gasteiger partial charge in [-0.05, 0) is 23.6 Å². The third-order valence-corrected chi connectivity index (χ3v) is 4.55. The molecular formula is C19H18FN3O2S. The fraction of sp³-hybridized carbons (Fsp3) is 0.211. The molecule has 134 valence electrons. The van der Waals surface area contributed by atoms with E-state index in [1.165, 1.54) is 35.1 Å². The molecule has 7 heteroatoms. The van der Waals surface area contributed by atoms with Gasteiger partial charge in [-0.15, -0.1) is 10.2 Å². The Balaban J connectivity index is 1.58. The zero-order valence-electron chi connectivity index (χ0n) is 14.4. The Hall–Kier alpha value is -2.80. The Kier molecular flexibility index (Phi) is 5.58. The van der Waals surface area contributed by atoms with E-state index >= 15 is 0 Å². The van der Waals surface area contributed by atoms with Crippen LogP contribution in [0.3, 0.4) is 0 Å². The fourth-order valence-corrected chi connectivity index (χ4v) is 3.03. The lowest BCUT2D eigenvalue weighted by atomic mass is 10.0. The molecular weight excluding hydrogens is 353 g/mol. The van der Waals surface area contributed by atoms with Crippen molar-refractivity contribution in [3.05, 3.63) is 59.9 Å². The van der Waals surface area contributed by atoms with E-state index in [0.29, 0.717) is 16.8 Å². The van der Waals surface area contributed by atoms with Gasteiger partial charge in [-0.3, -0.25) is 10.1 Å². The Bertz CT molecular complexity index is 894. The van der Waals surface area contributed by atoms with Gasteiger partial charge in [0.2, 0.25) is 5.13 Å². The van der Waals surface area contributed by atoms with Crippen LogP contribution >= 0.6 is 11.3 Å². The highest BCUT2D eigenvalue weighted by Gasteiger charge is 2.11. The lowest BCUT2D eigenvalue weighted by Crippen LogP contribution is -2.20. The number of nitrogens with one attached hydrogen (secondary N) is 1. The van der Waals surface area contributed by atoms with Gasteiger partial charge in [-0.2, -0.15) is 0 Å². The zero-order valence-corrected chi connectivity index (χ0v) is 15.2. The van der Waals surface area contributed by atoms with Crippen LogP contribution in [0.25, 0.3) is 10.6 Å². The zero-order chi connectivity index (χ0) is 18.5. The molecule has 0 bridgehead atoms. The number of benzene rings is 2. The first kappa shape index (κ1) is 18.0. The van der Waals surface area contributed by atoms with Crippen molar-refractivity contribution in [3.63, 3.8) is 0 Å². The second-order valence-corrected chi connectivity index (χ2v) is 6.96. The van der Waals surface area contributed by atoms with Gasteiger partial charge in [-0.1, -0.05) is 55.5 Å². The minimum atomic E-state index is -0.417. The third-order valence-electron chi connectivity index (χ3n) is 3.66. The van der Waals surface area contributed by atoms with E-state index in [0.717, 1.165) is 10.6 Å². The Morgan fingerprint density at radius 2 is 1.96 bits per heavy atom. The number of amides is 1. The third kappa shape index (κ3) is 4.64. The Labute approximate surface area is 154 Å². The lowest BCUT2D eigenvalue weighted by Gasteiger charge is -2.05. The Morgan fingerprint density at radius 1 is 1.19 bits per heavy atom. The molecule has 0 aliphatic rings. The van der Waals surface area contributed by atoms with E-state index < -0.39 is 5.82 Å². The van der Waals surface area contributed by atoms with Crippen molar-refractivity contribution in [1.29, 1.82) is 0 Å². The van der Waals surface area contributed by atoms with E-state index in [-0.39, 0.29) is 12.5 Å². The minimum absolute atomic E-state index is 0.235. The largest absolute Gasteiger partial charge is 0.484 e. The highest BCUT2D eigenvalue weighted by Crippen LogP contribution is 2.27. The van der Waals surface area contributed by atoms with Gasteiger partial charge in [-0.25, -0.2) is 4.39 Å². The number of hydrogen-bond donors (Lipinski definition) is 1. The summed E-state index contributed by atoms with van der Waals surface area (Å²) in [6, 6.07) is 13.7. The molecule has 0 saturated carbocycles. The first-order chi connectivity index (χ1) is 12.5. The van der Waals surface area contributed by atoms with Gasteiger partial charge in [0.05, 0.1) is 0 Å². The maximum absolute atomic E-state index is 13.1. The number of aromatic nitrogens is 2. The molecule has 1 N–H and O–H groups in total. The molecule has 0 aliphatic carbocycles.